The number of aryl methyl sites for hydroxylation is 1. The van der Waals surface area contributed by atoms with Crippen LogP contribution in [0.25, 0.3) is 11.4 Å². The Bertz CT molecular complexity index is 651. The molecular formula is C15H20N4O3S. The maximum Gasteiger partial charge on any atom is 0.239 e. The highest BCUT2D eigenvalue weighted by Crippen LogP contribution is 2.19. The van der Waals surface area contributed by atoms with Gasteiger partial charge in [-0.1, -0.05) is 5.16 Å². The molecule has 2 heterocycles. The van der Waals surface area contributed by atoms with Gasteiger partial charge in [0.05, 0.1) is 6.54 Å². The number of likely N-dealkylation sites (N-methyl/N-ethyl adjacent to an activating group) is 1. The minimum atomic E-state index is -0.173. The van der Waals surface area contributed by atoms with Crippen LogP contribution in [0.3, 0.4) is 0 Å². The van der Waals surface area contributed by atoms with Gasteiger partial charge < -0.3 is 14.7 Å². The molecule has 0 aliphatic rings. The molecule has 0 aromatic carbocycles. The van der Waals surface area contributed by atoms with Crippen LogP contribution in [-0.2, 0) is 16.0 Å². The fraction of sp³-hybridized carbons (Fsp3) is 0.467. The van der Waals surface area contributed by atoms with Crippen molar-refractivity contribution in [2.75, 3.05) is 13.6 Å². The molecule has 0 atom stereocenters. The summed E-state index contributed by atoms with van der Waals surface area (Å²) in [6.45, 7) is 3.79. The maximum atomic E-state index is 12.0. The maximum absolute atomic E-state index is 12.0. The molecule has 8 heteroatoms. The minimum absolute atomic E-state index is 0.0427. The summed E-state index contributed by atoms with van der Waals surface area (Å²) in [5.41, 5.74) is 0.902. The minimum Gasteiger partial charge on any atom is -0.352 e. The summed E-state index contributed by atoms with van der Waals surface area (Å²) >= 11 is 1.56. The molecule has 7 nitrogen and oxygen atoms in total. The lowest BCUT2D eigenvalue weighted by atomic mass is 10.2. The highest BCUT2D eigenvalue weighted by Gasteiger charge is 2.15. The molecule has 2 rings (SSSR count). The molecule has 0 aliphatic carbocycles. The van der Waals surface area contributed by atoms with Crippen molar-refractivity contribution in [3.63, 3.8) is 0 Å². The van der Waals surface area contributed by atoms with E-state index in [-0.39, 0.29) is 30.8 Å². The number of hydrogen-bond acceptors (Lipinski definition) is 6. The van der Waals surface area contributed by atoms with Crippen LogP contribution < -0.4 is 5.32 Å². The van der Waals surface area contributed by atoms with E-state index in [4.69, 9.17) is 4.52 Å². The molecule has 2 amide bonds. The SMILES string of the molecule is CC(C)NC(=O)CN(C)C(=O)CCc1nc(-c2ccsc2)no1. The zero-order chi connectivity index (χ0) is 16.8. The Hall–Kier alpha value is -2.22. The lowest BCUT2D eigenvalue weighted by molar-refractivity contribution is -0.134. The van der Waals surface area contributed by atoms with E-state index in [1.807, 2.05) is 30.7 Å². The summed E-state index contributed by atoms with van der Waals surface area (Å²) in [6, 6.07) is 1.96. The Morgan fingerprint density at radius 1 is 1.43 bits per heavy atom. The van der Waals surface area contributed by atoms with Crippen LogP contribution in [0, 0.1) is 0 Å². The first-order valence-electron chi connectivity index (χ1n) is 7.34. The van der Waals surface area contributed by atoms with Gasteiger partial charge in [-0.15, -0.1) is 0 Å². The molecule has 124 valence electrons. The zero-order valence-electron chi connectivity index (χ0n) is 13.4. The van der Waals surface area contributed by atoms with Crippen LogP contribution in [-0.4, -0.2) is 46.5 Å². The summed E-state index contributed by atoms with van der Waals surface area (Å²) in [6.07, 6.45) is 0.572. The lowest BCUT2D eigenvalue weighted by Gasteiger charge is -2.17. The number of aromatic nitrogens is 2. The van der Waals surface area contributed by atoms with Gasteiger partial charge in [-0.2, -0.15) is 16.3 Å². The van der Waals surface area contributed by atoms with Gasteiger partial charge in [0.2, 0.25) is 23.5 Å². The number of nitrogens with zero attached hydrogens (tertiary/aromatic N) is 3. The second kappa shape index (κ2) is 7.87. The van der Waals surface area contributed by atoms with Crippen molar-refractivity contribution in [2.24, 2.45) is 0 Å². The summed E-state index contributed by atoms with van der Waals surface area (Å²) in [7, 11) is 1.60. The highest BCUT2D eigenvalue weighted by molar-refractivity contribution is 7.08. The highest BCUT2D eigenvalue weighted by atomic mass is 32.1. The first-order chi connectivity index (χ1) is 11.0. The fourth-order valence-electron chi connectivity index (χ4n) is 1.94. The van der Waals surface area contributed by atoms with Crippen molar-refractivity contribution in [1.82, 2.24) is 20.4 Å². The molecule has 23 heavy (non-hydrogen) atoms. The molecule has 0 spiro atoms. The van der Waals surface area contributed by atoms with Crippen LogP contribution in [0.4, 0.5) is 0 Å². The quantitative estimate of drug-likeness (QED) is 0.831. The van der Waals surface area contributed by atoms with E-state index >= 15 is 0 Å². The van der Waals surface area contributed by atoms with Gasteiger partial charge in [0.25, 0.3) is 0 Å². The van der Waals surface area contributed by atoms with Gasteiger partial charge in [0, 0.05) is 36.9 Å². The second-order valence-electron chi connectivity index (χ2n) is 5.50. The average molecular weight is 336 g/mol. The Morgan fingerprint density at radius 3 is 2.87 bits per heavy atom. The molecule has 0 radical (unpaired) electrons. The third-order valence-corrected chi connectivity index (χ3v) is 3.74. The van der Waals surface area contributed by atoms with Crippen LogP contribution in [0.2, 0.25) is 0 Å². The van der Waals surface area contributed by atoms with Crippen LogP contribution in [0.15, 0.2) is 21.3 Å². The summed E-state index contributed by atoms with van der Waals surface area (Å²) < 4.78 is 5.15. The number of thiophene rings is 1. The van der Waals surface area contributed by atoms with Gasteiger partial charge in [0.15, 0.2) is 0 Å². The smallest absolute Gasteiger partial charge is 0.239 e. The standard InChI is InChI=1S/C15H20N4O3S/c1-10(2)16-12(20)8-19(3)14(21)5-4-13-17-15(18-22-13)11-6-7-23-9-11/h6-7,9-10H,4-5,8H2,1-3H3,(H,16,20). The van der Waals surface area contributed by atoms with Gasteiger partial charge in [-0.25, -0.2) is 0 Å². The predicted molar refractivity (Wildman–Crippen MR) is 86.8 cm³/mol. The normalized spacial score (nSPS) is 10.8. The lowest BCUT2D eigenvalue weighted by Crippen LogP contribution is -2.40. The molecule has 2 aromatic heterocycles. The topological polar surface area (TPSA) is 88.3 Å². The Balaban J connectivity index is 1.81. The fourth-order valence-corrected chi connectivity index (χ4v) is 2.58. The third kappa shape index (κ3) is 5.17. The molecular weight excluding hydrogens is 316 g/mol. The van der Waals surface area contributed by atoms with E-state index < -0.39 is 0 Å². The van der Waals surface area contributed by atoms with Crippen molar-refractivity contribution in [3.05, 3.63) is 22.7 Å². The Labute approximate surface area is 138 Å². The number of amides is 2. The second-order valence-corrected chi connectivity index (χ2v) is 6.28. The summed E-state index contributed by atoms with van der Waals surface area (Å²) in [5, 5.41) is 10.5. The van der Waals surface area contributed by atoms with Crippen LogP contribution in [0.1, 0.15) is 26.2 Å². The number of carbonyl (C=O) groups excluding carboxylic acids is 2. The van der Waals surface area contributed by atoms with Gasteiger partial charge in [-0.3, -0.25) is 9.59 Å². The van der Waals surface area contributed by atoms with Gasteiger partial charge in [-0.05, 0) is 25.3 Å². The van der Waals surface area contributed by atoms with E-state index in [2.05, 4.69) is 15.5 Å². The predicted octanol–water partition coefficient (Wildman–Crippen LogP) is 1.71. The third-order valence-electron chi connectivity index (χ3n) is 3.06. The van der Waals surface area contributed by atoms with E-state index in [1.54, 1.807) is 18.4 Å². The molecule has 2 aromatic rings. The largest absolute Gasteiger partial charge is 0.352 e. The van der Waals surface area contributed by atoms with Gasteiger partial charge in [0.1, 0.15) is 0 Å². The molecule has 0 aliphatic heterocycles. The van der Waals surface area contributed by atoms with Crippen molar-refractivity contribution >= 4 is 23.2 Å². The molecule has 0 saturated carbocycles. The number of rotatable bonds is 7. The van der Waals surface area contributed by atoms with Crippen LogP contribution >= 0.6 is 11.3 Å². The monoisotopic (exact) mass is 336 g/mol. The number of hydrogen-bond donors (Lipinski definition) is 1. The molecule has 0 fully saturated rings. The molecule has 0 saturated heterocycles. The van der Waals surface area contributed by atoms with Gasteiger partial charge >= 0.3 is 0 Å². The van der Waals surface area contributed by atoms with Crippen molar-refractivity contribution in [2.45, 2.75) is 32.7 Å². The number of carbonyl (C=O) groups is 2. The summed E-state index contributed by atoms with van der Waals surface area (Å²) in [4.78, 5) is 29.3. The van der Waals surface area contributed by atoms with Crippen molar-refractivity contribution < 1.29 is 14.1 Å². The first kappa shape index (κ1) is 17.1. The Kier molecular flexibility index (Phi) is 5.86. The van der Waals surface area contributed by atoms with Crippen molar-refractivity contribution in [1.29, 1.82) is 0 Å². The van der Waals surface area contributed by atoms with E-state index in [0.717, 1.165) is 5.56 Å². The zero-order valence-corrected chi connectivity index (χ0v) is 14.2. The molecule has 0 unspecified atom stereocenters. The molecule has 1 N–H and O–H groups in total. The molecule has 0 bridgehead atoms. The van der Waals surface area contributed by atoms with E-state index in [1.165, 1.54) is 4.90 Å². The average Bonchev–Trinajstić information content (AvgIpc) is 3.14. The van der Waals surface area contributed by atoms with E-state index in [9.17, 15) is 9.59 Å². The Morgan fingerprint density at radius 2 is 2.22 bits per heavy atom. The summed E-state index contributed by atoms with van der Waals surface area (Å²) in [5.74, 6) is 0.630. The van der Waals surface area contributed by atoms with Crippen molar-refractivity contribution in [3.8, 4) is 11.4 Å². The van der Waals surface area contributed by atoms with Crippen LogP contribution in [0.5, 0.6) is 0 Å². The number of nitrogens with one attached hydrogen (secondary N) is 1. The first-order valence-corrected chi connectivity index (χ1v) is 8.28. The van der Waals surface area contributed by atoms with E-state index in [0.29, 0.717) is 18.1 Å².